The minimum atomic E-state index is 0.0571. The predicted molar refractivity (Wildman–Crippen MR) is 131 cm³/mol. The summed E-state index contributed by atoms with van der Waals surface area (Å²) in [6.07, 6.45) is 2.82. The molecule has 0 spiro atoms. The topological polar surface area (TPSA) is 55.8 Å². The van der Waals surface area contributed by atoms with Gasteiger partial charge < -0.3 is 20.4 Å². The molecular formula is C24H35ClN6. The molecule has 1 aliphatic rings. The smallest absolute Gasteiger partial charge is 0.191 e. The van der Waals surface area contributed by atoms with Crippen molar-refractivity contribution in [2.75, 3.05) is 51.7 Å². The van der Waals surface area contributed by atoms with Crippen LogP contribution in [0.5, 0.6) is 0 Å². The SMILES string of the molecule is CN=C(NCc1cccnc1N1CCN(C)CC1)NCC(C)(C)Cc1cccc(Cl)c1. The Balaban J connectivity index is 1.55. The molecule has 31 heavy (non-hydrogen) atoms. The third kappa shape index (κ3) is 7.11. The largest absolute Gasteiger partial charge is 0.356 e. The second kappa shape index (κ2) is 10.8. The monoisotopic (exact) mass is 442 g/mol. The molecule has 168 valence electrons. The Kier molecular flexibility index (Phi) is 8.15. The van der Waals surface area contributed by atoms with Crippen LogP contribution < -0.4 is 15.5 Å². The summed E-state index contributed by atoms with van der Waals surface area (Å²) in [6.45, 7) is 10.1. The molecule has 0 radical (unpaired) electrons. The Morgan fingerprint density at radius 2 is 1.90 bits per heavy atom. The standard InChI is InChI=1S/C24H35ClN6/c1-24(2,16-19-7-5-9-21(25)15-19)18-29-23(26-3)28-17-20-8-6-10-27-22(20)31-13-11-30(4)12-14-31/h5-10,15H,11-14,16-18H2,1-4H3,(H2,26,28,29). The highest BCUT2D eigenvalue weighted by atomic mass is 35.5. The fraction of sp³-hybridized carbons (Fsp3) is 0.500. The van der Waals surface area contributed by atoms with Crippen molar-refractivity contribution in [2.45, 2.75) is 26.8 Å². The van der Waals surface area contributed by atoms with Crippen LogP contribution in [0.3, 0.4) is 0 Å². The molecule has 1 aromatic heterocycles. The minimum absolute atomic E-state index is 0.0571. The molecule has 2 aromatic rings. The fourth-order valence-corrected chi connectivity index (χ4v) is 4.07. The van der Waals surface area contributed by atoms with E-state index in [2.05, 4.69) is 63.4 Å². The van der Waals surface area contributed by atoms with Gasteiger partial charge in [-0.15, -0.1) is 0 Å². The average molecular weight is 443 g/mol. The van der Waals surface area contributed by atoms with Gasteiger partial charge in [0.1, 0.15) is 5.82 Å². The van der Waals surface area contributed by atoms with E-state index in [-0.39, 0.29) is 5.41 Å². The molecule has 3 rings (SSSR count). The van der Waals surface area contributed by atoms with Crippen molar-refractivity contribution in [2.24, 2.45) is 10.4 Å². The van der Waals surface area contributed by atoms with Crippen molar-refractivity contribution in [3.05, 3.63) is 58.7 Å². The first-order valence-corrected chi connectivity index (χ1v) is 11.3. The number of nitrogens with zero attached hydrogens (tertiary/aromatic N) is 4. The first kappa shape index (κ1) is 23.4. The van der Waals surface area contributed by atoms with Crippen LogP contribution in [0.25, 0.3) is 0 Å². The van der Waals surface area contributed by atoms with E-state index >= 15 is 0 Å². The zero-order chi connectivity index (χ0) is 22.3. The van der Waals surface area contributed by atoms with Gasteiger partial charge in [0.2, 0.25) is 0 Å². The fourth-order valence-electron chi connectivity index (χ4n) is 3.86. The van der Waals surface area contributed by atoms with Crippen LogP contribution >= 0.6 is 11.6 Å². The average Bonchev–Trinajstić information content (AvgIpc) is 2.74. The maximum absolute atomic E-state index is 6.14. The highest BCUT2D eigenvalue weighted by Crippen LogP contribution is 2.23. The molecule has 1 fully saturated rings. The van der Waals surface area contributed by atoms with Crippen LogP contribution in [0.15, 0.2) is 47.6 Å². The third-order valence-corrected chi connectivity index (χ3v) is 5.88. The molecule has 0 aliphatic carbocycles. The van der Waals surface area contributed by atoms with E-state index in [4.69, 9.17) is 11.6 Å². The van der Waals surface area contributed by atoms with E-state index in [1.165, 1.54) is 11.1 Å². The number of hydrogen-bond donors (Lipinski definition) is 2. The van der Waals surface area contributed by atoms with Gasteiger partial charge in [-0.25, -0.2) is 4.98 Å². The van der Waals surface area contributed by atoms with Gasteiger partial charge in [0.05, 0.1) is 0 Å². The zero-order valence-electron chi connectivity index (χ0n) is 19.2. The normalized spacial score (nSPS) is 15.8. The summed E-state index contributed by atoms with van der Waals surface area (Å²) < 4.78 is 0. The first-order valence-electron chi connectivity index (χ1n) is 10.9. The summed E-state index contributed by atoms with van der Waals surface area (Å²) in [6, 6.07) is 12.2. The van der Waals surface area contributed by atoms with Gasteiger partial charge in [-0.3, -0.25) is 4.99 Å². The number of pyridine rings is 1. The van der Waals surface area contributed by atoms with Crippen LogP contribution in [-0.4, -0.2) is 62.7 Å². The molecule has 7 heteroatoms. The van der Waals surface area contributed by atoms with Crippen LogP contribution in [0.2, 0.25) is 5.02 Å². The third-order valence-electron chi connectivity index (χ3n) is 5.65. The van der Waals surface area contributed by atoms with Crippen molar-refractivity contribution in [3.8, 4) is 0 Å². The molecule has 0 atom stereocenters. The summed E-state index contributed by atoms with van der Waals surface area (Å²) in [5.41, 5.74) is 2.49. The Morgan fingerprint density at radius 3 is 2.61 bits per heavy atom. The number of benzene rings is 1. The van der Waals surface area contributed by atoms with E-state index in [0.717, 1.165) is 55.9 Å². The number of hydrogen-bond acceptors (Lipinski definition) is 4. The lowest BCUT2D eigenvalue weighted by Crippen LogP contribution is -2.45. The van der Waals surface area contributed by atoms with Crippen LogP contribution in [0.4, 0.5) is 5.82 Å². The lowest BCUT2D eigenvalue weighted by Gasteiger charge is -2.34. The number of guanidine groups is 1. The highest BCUT2D eigenvalue weighted by Gasteiger charge is 2.20. The van der Waals surface area contributed by atoms with Crippen LogP contribution in [0.1, 0.15) is 25.0 Å². The number of likely N-dealkylation sites (N-methyl/N-ethyl adjacent to an activating group) is 1. The Bertz CT molecular complexity index is 874. The maximum Gasteiger partial charge on any atom is 0.191 e. The first-order chi connectivity index (χ1) is 14.9. The van der Waals surface area contributed by atoms with Crippen LogP contribution in [-0.2, 0) is 13.0 Å². The Hall–Kier alpha value is -2.31. The summed E-state index contributed by atoms with van der Waals surface area (Å²) in [5, 5.41) is 7.73. The number of anilines is 1. The van der Waals surface area contributed by atoms with Gasteiger partial charge in [-0.2, -0.15) is 0 Å². The number of rotatable bonds is 7. The molecular weight excluding hydrogens is 408 g/mol. The van der Waals surface area contributed by atoms with Crippen molar-refractivity contribution < 1.29 is 0 Å². The second-order valence-electron chi connectivity index (χ2n) is 9.03. The van der Waals surface area contributed by atoms with Crippen molar-refractivity contribution >= 4 is 23.4 Å². The predicted octanol–water partition coefficient (Wildman–Crippen LogP) is 3.42. The summed E-state index contributed by atoms with van der Waals surface area (Å²) in [4.78, 5) is 13.8. The minimum Gasteiger partial charge on any atom is -0.356 e. The van der Waals surface area contributed by atoms with Crippen LogP contribution in [0, 0.1) is 5.41 Å². The molecule has 1 aromatic carbocycles. The number of nitrogens with one attached hydrogen (secondary N) is 2. The second-order valence-corrected chi connectivity index (χ2v) is 9.46. The number of aliphatic imine (C=N–C) groups is 1. The van der Waals surface area contributed by atoms with Crippen molar-refractivity contribution in [3.63, 3.8) is 0 Å². The van der Waals surface area contributed by atoms with Crippen molar-refractivity contribution in [1.29, 1.82) is 0 Å². The van der Waals surface area contributed by atoms with E-state index in [1.54, 1.807) is 0 Å². The van der Waals surface area contributed by atoms with Gasteiger partial charge >= 0.3 is 0 Å². The zero-order valence-corrected chi connectivity index (χ0v) is 19.9. The van der Waals surface area contributed by atoms with Gasteiger partial charge in [0, 0.05) is 63.1 Å². The van der Waals surface area contributed by atoms with E-state index < -0.39 is 0 Å². The summed E-state index contributed by atoms with van der Waals surface area (Å²) in [7, 11) is 3.98. The molecule has 0 unspecified atom stereocenters. The number of aromatic nitrogens is 1. The van der Waals surface area contributed by atoms with Crippen molar-refractivity contribution in [1.82, 2.24) is 20.5 Å². The summed E-state index contributed by atoms with van der Waals surface area (Å²) >= 11 is 6.14. The van der Waals surface area contributed by atoms with Gasteiger partial charge in [-0.1, -0.05) is 43.6 Å². The molecule has 1 saturated heterocycles. The van der Waals surface area contributed by atoms with Gasteiger partial charge in [0.15, 0.2) is 5.96 Å². The Morgan fingerprint density at radius 1 is 1.13 bits per heavy atom. The number of halogens is 1. The lowest BCUT2D eigenvalue weighted by molar-refractivity contribution is 0.312. The van der Waals surface area contributed by atoms with E-state index in [9.17, 15) is 0 Å². The molecule has 0 amide bonds. The molecule has 0 bridgehead atoms. The molecule has 2 heterocycles. The van der Waals surface area contributed by atoms with Gasteiger partial charge in [0.25, 0.3) is 0 Å². The number of piperazine rings is 1. The molecule has 2 N–H and O–H groups in total. The Labute approximate surface area is 191 Å². The molecule has 1 aliphatic heterocycles. The summed E-state index contributed by atoms with van der Waals surface area (Å²) in [5.74, 6) is 1.87. The van der Waals surface area contributed by atoms with E-state index in [0.29, 0.717) is 6.54 Å². The maximum atomic E-state index is 6.14. The molecule has 0 saturated carbocycles. The van der Waals surface area contributed by atoms with Gasteiger partial charge in [-0.05, 0) is 42.6 Å². The highest BCUT2D eigenvalue weighted by molar-refractivity contribution is 6.30. The quantitative estimate of drug-likeness (QED) is 0.508. The molecule has 6 nitrogen and oxygen atoms in total. The van der Waals surface area contributed by atoms with E-state index in [1.807, 2.05) is 37.5 Å². The lowest BCUT2D eigenvalue weighted by atomic mass is 9.86.